The lowest BCUT2D eigenvalue weighted by Gasteiger charge is -2.30. The van der Waals surface area contributed by atoms with Gasteiger partial charge in [-0.2, -0.15) is 0 Å². The largest absolute Gasteiger partial charge is 0.337 e. The van der Waals surface area contributed by atoms with E-state index in [1.165, 1.54) is 5.56 Å². The topological polar surface area (TPSA) is 46.3 Å². The Hall–Kier alpha value is -1.35. The zero-order valence-electron chi connectivity index (χ0n) is 11.2. The third-order valence-corrected chi connectivity index (χ3v) is 3.57. The maximum Gasteiger partial charge on any atom is 0.253 e. The molecule has 3 nitrogen and oxygen atoms in total. The summed E-state index contributed by atoms with van der Waals surface area (Å²) in [6, 6.07) is 8.08. The average Bonchev–Trinajstić information content (AvgIpc) is 2.38. The van der Waals surface area contributed by atoms with Gasteiger partial charge in [0, 0.05) is 24.7 Å². The Morgan fingerprint density at radius 2 is 2.00 bits per heavy atom. The number of carbonyl (C=O) groups excluding carboxylic acids is 1. The lowest BCUT2D eigenvalue weighted by molar-refractivity contribution is 0.0709. The number of benzene rings is 1. The molecular formula is C15H22N2O. The predicted octanol–water partition coefficient (Wildman–Crippen LogP) is 2.37. The van der Waals surface area contributed by atoms with Crippen molar-refractivity contribution in [2.75, 3.05) is 13.1 Å². The van der Waals surface area contributed by atoms with Crippen LogP contribution >= 0.6 is 0 Å². The molecule has 3 heteroatoms. The van der Waals surface area contributed by atoms with Crippen LogP contribution in [0.15, 0.2) is 24.3 Å². The predicted molar refractivity (Wildman–Crippen MR) is 73.6 cm³/mol. The molecule has 1 amide bonds. The van der Waals surface area contributed by atoms with Crippen molar-refractivity contribution < 1.29 is 4.79 Å². The van der Waals surface area contributed by atoms with Crippen LogP contribution in [0.1, 0.15) is 48.5 Å². The van der Waals surface area contributed by atoms with Gasteiger partial charge in [0.05, 0.1) is 0 Å². The first kappa shape index (κ1) is 13.1. The summed E-state index contributed by atoms with van der Waals surface area (Å²) >= 11 is 0. The van der Waals surface area contributed by atoms with Crippen molar-refractivity contribution in [3.8, 4) is 0 Å². The molecule has 2 rings (SSSR count). The highest BCUT2D eigenvalue weighted by molar-refractivity contribution is 5.94. The standard InChI is InChI=1S/C15H22N2O/c1-11(2)12-5-7-13(8-6-12)15(18)17-9-3-4-14(16)10-17/h5-8,11,14H,3-4,9-10,16H2,1-2H3. The first-order valence-corrected chi connectivity index (χ1v) is 6.72. The fraction of sp³-hybridized carbons (Fsp3) is 0.533. The first-order valence-electron chi connectivity index (χ1n) is 6.72. The van der Waals surface area contributed by atoms with Gasteiger partial charge >= 0.3 is 0 Å². The highest BCUT2D eigenvalue weighted by Gasteiger charge is 2.22. The van der Waals surface area contributed by atoms with Crippen molar-refractivity contribution in [3.05, 3.63) is 35.4 Å². The van der Waals surface area contributed by atoms with E-state index in [0.29, 0.717) is 12.5 Å². The van der Waals surface area contributed by atoms with Crippen molar-refractivity contribution in [1.82, 2.24) is 4.90 Å². The summed E-state index contributed by atoms with van der Waals surface area (Å²) < 4.78 is 0. The van der Waals surface area contributed by atoms with Crippen LogP contribution in [0.3, 0.4) is 0 Å². The number of likely N-dealkylation sites (tertiary alicyclic amines) is 1. The van der Waals surface area contributed by atoms with Gasteiger partial charge in [-0.15, -0.1) is 0 Å². The van der Waals surface area contributed by atoms with Crippen molar-refractivity contribution in [2.24, 2.45) is 5.73 Å². The molecule has 1 aromatic carbocycles. The minimum atomic E-state index is 0.112. The fourth-order valence-electron chi connectivity index (χ4n) is 2.39. The number of piperidine rings is 1. The number of rotatable bonds is 2. The molecule has 1 aliphatic heterocycles. The van der Waals surface area contributed by atoms with E-state index in [9.17, 15) is 4.79 Å². The van der Waals surface area contributed by atoms with Gasteiger partial charge in [0.2, 0.25) is 0 Å². The van der Waals surface area contributed by atoms with Gasteiger partial charge < -0.3 is 10.6 Å². The Balaban J connectivity index is 2.08. The molecule has 1 aromatic rings. The summed E-state index contributed by atoms with van der Waals surface area (Å²) in [5.41, 5.74) is 7.95. The molecule has 0 spiro atoms. The minimum Gasteiger partial charge on any atom is -0.337 e. The maximum absolute atomic E-state index is 12.3. The fourth-order valence-corrected chi connectivity index (χ4v) is 2.39. The molecule has 1 aliphatic rings. The summed E-state index contributed by atoms with van der Waals surface area (Å²) in [5.74, 6) is 0.609. The highest BCUT2D eigenvalue weighted by atomic mass is 16.2. The lowest BCUT2D eigenvalue weighted by Crippen LogP contribution is -2.45. The molecule has 1 atom stereocenters. The van der Waals surface area contributed by atoms with E-state index in [2.05, 4.69) is 13.8 Å². The van der Waals surface area contributed by atoms with E-state index < -0.39 is 0 Å². The number of hydrogen-bond donors (Lipinski definition) is 1. The van der Waals surface area contributed by atoms with E-state index >= 15 is 0 Å². The van der Waals surface area contributed by atoms with Crippen LogP contribution in [0.4, 0.5) is 0 Å². The highest BCUT2D eigenvalue weighted by Crippen LogP contribution is 2.17. The zero-order valence-corrected chi connectivity index (χ0v) is 11.2. The molecule has 0 aromatic heterocycles. The normalized spacial score (nSPS) is 20.2. The summed E-state index contributed by atoms with van der Waals surface area (Å²) in [4.78, 5) is 14.2. The van der Waals surface area contributed by atoms with E-state index in [-0.39, 0.29) is 11.9 Å². The molecule has 1 unspecified atom stereocenters. The summed E-state index contributed by atoms with van der Waals surface area (Å²) in [6.07, 6.45) is 2.03. The van der Waals surface area contributed by atoms with Crippen LogP contribution in [0.25, 0.3) is 0 Å². The second-order valence-corrected chi connectivity index (χ2v) is 5.43. The summed E-state index contributed by atoms with van der Waals surface area (Å²) in [5, 5.41) is 0. The van der Waals surface area contributed by atoms with Crippen molar-refractivity contribution >= 4 is 5.91 Å². The zero-order chi connectivity index (χ0) is 13.1. The van der Waals surface area contributed by atoms with Crippen molar-refractivity contribution in [3.63, 3.8) is 0 Å². The Morgan fingerprint density at radius 1 is 1.33 bits per heavy atom. The Kier molecular flexibility index (Phi) is 4.02. The molecular weight excluding hydrogens is 224 g/mol. The number of hydrogen-bond acceptors (Lipinski definition) is 2. The average molecular weight is 246 g/mol. The smallest absolute Gasteiger partial charge is 0.253 e. The van der Waals surface area contributed by atoms with Crippen molar-refractivity contribution in [2.45, 2.75) is 38.6 Å². The van der Waals surface area contributed by atoms with E-state index in [4.69, 9.17) is 5.73 Å². The third-order valence-electron chi connectivity index (χ3n) is 3.57. The van der Waals surface area contributed by atoms with Crippen LogP contribution in [0, 0.1) is 0 Å². The number of carbonyl (C=O) groups is 1. The lowest BCUT2D eigenvalue weighted by atomic mass is 10.0. The molecule has 0 aliphatic carbocycles. The van der Waals surface area contributed by atoms with Crippen LogP contribution in [0.5, 0.6) is 0 Å². The van der Waals surface area contributed by atoms with Gasteiger partial charge in [-0.05, 0) is 36.5 Å². The maximum atomic E-state index is 12.3. The Bertz CT molecular complexity index is 411. The number of nitrogens with two attached hydrogens (primary N) is 1. The van der Waals surface area contributed by atoms with Gasteiger partial charge in [0.1, 0.15) is 0 Å². The van der Waals surface area contributed by atoms with E-state index in [1.807, 2.05) is 29.2 Å². The van der Waals surface area contributed by atoms with Crippen molar-refractivity contribution in [1.29, 1.82) is 0 Å². The van der Waals surface area contributed by atoms with E-state index in [1.54, 1.807) is 0 Å². The quantitative estimate of drug-likeness (QED) is 0.871. The van der Waals surface area contributed by atoms with Gasteiger partial charge in [0.25, 0.3) is 5.91 Å². The monoisotopic (exact) mass is 246 g/mol. The minimum absolute atomic E-state index is 0.112. The van der Waals surface area contributed by atoms with Crippen LogP contribution in [-0.4, -0.2) is 29.9 Å². The molecule has 1 heterocycles. The van der Waals surface area contributed by atoms with Gasteiger partial charge in [-0.1, -0.05) is 26.0 Å². The van der Waals surface area contributed by atoms with Crippen LogP contribution in [0.2, 0.25) is 0 Å². The molecule has 1 saturated heterocycles. The summed E-state index contributed by atoms with van der Waals surface area (Å²) in [7, 11) is 0. The molecule has 0 radical (unpaired) electrons. The SMILES string of the molecule is CC(C)c1ccc(C(=O)N2CCCC(N)C2)cc1. The van der Waals surface area contributed by atoms with Gasteiger partial charge in [-0.25, -0.2) is 0 Å². The second kappa shape index (κ2) is 5.53. The first-order chi connectivity index (χ1) is 8.58. The Labute approximate surface area is 109 Å². The summed E-state index contributed by atoms with van der Waals surface area (Å²) in [6.45, 7) is 5.82. The molecule has 2 N–H and O–H groups in total. The Morgan fingerprint density at radius 3 is 2.56 bits per heavy atom. The van der Waals surface area contributed by atoms with Crippen LogP contribution in [-0.2, 0) is 0 Å². The van der Waals surface area contributed by atoms with Gasteiger partial charge in [-0.3, -0.25) is 4.79 Å². The molecule has 1 fully saturated rings. The molecule has 0 saturated carbocycles. The van der Waals surface area contributed by atoms with Gasteiger partial charge in [0.15, 0.2) is 0 Å². The molecule has 98 valence electrons. The third kappa shape index (κ3) is 2.91. The van der Waals surface area contributed by atoms with Crippen LogP contribution < -0.4 is 5.73 Å². The van der Waals surface area contributed by atoms with E-state index in [0.717, 1.165) is 24.9 Å². The number of amides is 1. The number of nitrogens with zero attached hydrogens (tertiary/aromatic N) is 1. The molecule has 18 heavy (non-hydrogen) atoms. The second-order valence-electron chi connectivity index (χ2n) is 5.43. The molecule has 0 bridgehead atoms.